The third kappa shape index (κ3) is 2.87. The van der Waals surface area contributed by atoms with Gasteiger partial charge in [0.1, 0.15) is 0 Å². The van der Waals surface area contributed by atoms with Gasteiger partial charge in [-0.2, -0.15) is 0 Å². The molecule has 1 saturated carbocycles. The van der Waals surface area contributed by atoms with Crippen molar-refractivity contribution in [3.05, 3.63) is 11.6 Å². The molecule has 0 atom stereocenters. The van der Waals surface area contributed by atoms with Gasteiger partial charge in [-0.05, 0) is 44.4 Å². The van der Waals surface area contributed by atoms with Gasteiger partial charge in [0.25, 0.3) is 0 Å². The number of allylic oxidation sites excluding steroid dienone is 2. The second-order valence-corrected chi connectivity index (χ2v) is 5.07. The monoisotopic (exact) mass is 192 g/mol. The first kappa shape index (κ1) is 10.3. The van der Waals surface area contributed by atoms with E-state index in [4.69, 9.17) is 0 Å². The van der Waals surface area contributed by atoms with E-state index in [2.05, 4.69) is 6.08 Å². The molecule has 14 heavy (non-hydrogen) atoms. The van der Waals surface area contributed by atoms with Crippen molar-refractivity contribution >= 4 is 0 Å². The first-order valence-electron chi connectivity index (χ1n) is 6.66. The lowest BCUT2D eigenvalue weighted by Gasteiger charge is -2.25. The summed E-state index contributed by atoms with van der Waals surface area (Å²) < 4.78 is 0. The molecule has 0 N–H and O–H groups in total. The molecule has 2 aliphatic rings. The zero-order valence-electron chi connectivity index (χ0n) is 9.43. The summed E-state index contributed by atoms with van der Waals surface area (Å²) in [5, 5.41) is 0. The summed E-state index contributed by atoms with van der Waals surface area (Å²) in [5.41, 5.74) is 1.84. The normalized spacial score (nSPS) is 30.1. The van der Waals surface area contributed by atoms with E-state index in [-0.39, 0.29) is 0 Å². The molecule has 0 heterocycles. The molecule has 0 saturated heterocycles. The minimum Gasteiger partial charge on any atom is -0.0851 e. The summed E-state index contributed by atoms with van der Waals surface area (Å²) in [6.45, 7) is 0. The SMILES string of the molecule is C1=C(/C2CCCCC2)CCCCCC/1. The van der Waals surface area contributed by atoms with Gasteiger partial charge in [0, 0.05) is 0 Å². The van der Waals surface area contributed by atoms with Crippen molar-refractivity contribution in [3.63, 3.8) is 0 Å². The van der Waals surface area contributed by atoms with Gasteiger partial charge in [-0.3, -0.25) is 0 Å². The van der Waals surface area contributed by atoms with E-state index < -0.39 is 0 Å². The fraction of sp³-hybridized carbons (Fsp3) is 0.857. The highest BCUT2D eigenvalue weighted by atomic mass is 14.2. The van der Waals surface area contributed by atoms with Crippen molar-refractivity contribution in [3.8, 4) is 0 Å². The van der Waals surface area contributed by atoms with Crippen molar-refractivity contribution in [2.75, 3.05) is 0 Å². The maximum Gasteiger partial charge on any atom is -0.0203 e. The molecule has 0 heteroatoms. The van der Waals surface area contributed by atoms with Crippen LogP contribution in [0.4, 0.5) is 0 Å². The fourth-order valence-electron chi connectivity index (χ4n) is 3.06. The van der Waals surface area contributed by atoms with Crippen LogP contribution in [-0.2, 0) is 0 Å². The Labute approximate surface area is 88.8 Å². The molecule has 0 aromatic rings. The molecule has 0 aromatic carbocycles. The van der Waals surface area contributed by atoms with Crippen molar-refractivity contribution < 1.29 is 0 Å². The predicted octanol–water partition coefficient (Wildman–Crippen LogP) is 4.85. The summed E-state index contributed by atoms with van der Waals surface area (Å²) in [7, 11) is 0. The summed E-state index contributed by atoms with van der Waals surface area (Å²) in [6, 6.07) is 0. The lowest BCUT2D eigenvalue weighted by atomic mass is 9.80. The van der Waals surface area contributed by atoms with E-state index in [0.29, 0.717) is 0 Å². The number of hydrogen-bond donors (Lipinski definition) is 0. The van der Waals surface area contributed by atoms with Gasteiger partial charge in [-0.25, -0.2) is 0 Å². The average Bonchev–Trinajstić information content (AvgIpc) is 2.18. The van der Waals surface area contributed by atoms with Crippen LogP contribution in [-0.4, -0.2) is 0 Å². The van der Waals surface area contributed by atoms with Crippen LogP contribution in [0, 0.1) is 5.92 Å². The molecule has 0 aromatic heterocycles. The maximum absolute atomic E-state index is 2.59. The van der Waals surface area contributed by atoms with E-state index in [1.807, 2.05) is 5.57 Å². The Balaban J connectivity index is 1.91. The smallest absolute Gasteiger partial charge is 0.0203 e. The molecule has 0 unspecified atom stereocenters. The van der Waals surface area contributed by atoms with Gasteiger partial charge < -0.3 is 0 Å². The first-order valence-corrected chi connectivity index (χ1v) is 6.66. The van der Waals surface area contributed by atoms with E-state index >= 15 is 0 Å². The molecular formula is C14H24. The summed E-state index contributed by atoms with van der Waals surface area (Å²) in [5.74, 6) is 0.988. The number of rotatable bonds is 1. The highest BCUT2D eigenvalue weighted by molar-refractivity contribution is 5.08. The second kappa shape index (κ2) is 5.58. The van der Waals surface area contributed by atoms with Crippen LogP contribution in [0.2, 0.25) is 0 Å². The first-order chi connectivity index (χ1) is 6.97. The lowest BCUT2D eigenvalue weighted by Crippen LogP contribution is -2.10. The molecule has 2 aliphatic carbocycles. The van der Waals surface area contributed by atoms with E-state index in [9.17, 15) is 0 Å². The molecular weight excluding hydrogens is 168 g/mol. The molecule has 0 aliphatic heterocycles. The third-order valence-electron chi connectivity index (χ3n) is 3.96. The summed E-state index contributed by atoms with van der Waals surface area (Å²) in [6.07, 6.45) is 18.7. The van der Waals surface area contributed by atoms with Crippen molar-refractivity contribution in [2.24, 2.45) is 5.92 Å². The molecule has 80 valence electrons. The zero-order chi connectivity index (χ0) is 9.64. The van der Waals surface area contributed by atoms with Crippen LogP contribution in [0.1, 0.15) is 70.6 Å². The Kier molecular flexibility index (Phi) is 4.09. The molecule has 0 radical (unpaired) electrons. The standard InChI is InChI=1S/C14H24/c1-2-5-9-13(10-6-3-1)14-11-7-4-8-12-14/h9,14H,1-8,10-12H2/b13-9+. The topological polar surface area (TPSA) is 0 Å². The third-order valence-corrected chi connectivity index (χ3v) is 3.96. The van der Waals surface area contributed by atoms with Crippen LogP contribution in [0.3, 0.4) is 0 Å². The van der Waals surface area contributed by atoms with E-state index in [0.717, 1.165) is 5.92 Å². The highest BCUT2D eigenvalue weighted by Crippen LogP contribution is 2.33. The van der Waals surface area contributed by atoms with Crippen LogP contribution < -0.4 is 0 Å². The number of hydrogen-bond acceptors (Lipinski definition) is 0. The van der Waals surface area contributed by atoms with Gasteiger partial charge >= 0.3 is 0 Å². The zero-order valence-corrected chi connectivity index (χ0v) is 9.43. The highest BCUT2D eigenvalue weighted by Gasteiger charge is 2.17. The predicted molar refractivity (Wildman–Crippen MR) is 62.4 cm³/mol. The van der Waals surface area contributed by atoms with Gasteiger partial charge in [-0.1, -0.05) is 43.8 Å². The molecule has 0 spiro atoms. The van der Waals surface area contributed by atoms with Gasteiger partial charge in [0.15, 0.2) is 0 Å². The Bertz CT molecular complexity index is 184. The van der Waals surface area contributed by atoms with E-state index in [1.54, 1.807) is 0 Å². The largest absolute Gasteiger partial charge is 0.0851 e. The second-order valence-electron chi connectivity index (χ2n) is 5.07. The molecule has 2 rings (SSSR count). The molecule has 1 fully saturated rings. The average molecular weight is 192 g/mol. The molecule has 0 nitrogen and oxygen atoms in total. The Morgan fingerprint density at radius 2 is 1.50 bits per heavy atom. The maximum atomic E-state index is 2.59. The minimum atomic E-state index is 0.988. The van der Waals surface area contributed by atoms with Crippen molar-refractivity contribution in [1.82, 2.24) is 0 Å². The van der Waals surface area contributed by atoms with E-state index in [1.165, 1.54) is 70.6 Å². The summed E-state index contributed by atoms with van der Waals surface area (Å²) in [4.78, 5) is 0. The Hall–Kier alpha value is -0.260. The quantitative estimate of drug-likeness (QED) is 0.521. The molecule has 0 amide bonds. The van der Waals surface area contributed by atoms with Crippen molar-refractivity contribution in [2.45, 2.75) is 70.6 Å². The Morgan fingerprint density at radius 3 is 2.36 bits per heavy atom. The van der Waals surface area contributed by atoms with Gasteiger partial charge in [0.2, 0.25) is 0 Å². The fourth-order valence-corrected chi connectivity index (χ4v) is 3.06. The Morgan fingerprint density at radius 1 is 0.786 bits per heavy atom. The molecule has 0 bridgehead atoms. The van der Waals surface area contributed by atoms with Gasteiger partial charge in [-0.15, -0.1) is 0 Å². The van der Waals surface area contributed by atoms with Crippen LogP contribution in [0.25, 0.3) is 0 Å². The van der Waals surface area contributed by atoms with Crippen LogP contribution in [0.5, 0.6) is 0 Å². The summed E-state index contributed by atoms with van der Waals surface area (Å²) >= 11 is 0. The lowest BCUT2D eigenvalue weighted by molar-refractivity contribution is 0.388. The van der Waals surface area contributed by atoms with Gasteiger partial charge in [0.05, 0.1) is 0 Å². The van der Waals surface area contributed by atoms with Crippen molar-refractivity contribution in [1.29, 1.82) is 0 Å². The van der Waals surface area contributed by atoms with Crippen LogP contribution in [0.15, 0.2) is 11.6 Å². The minimum absolute atomic E-state index is 0.988. The van der Waals surface area contributed by atoms with Crippen LogP contribution >= 0.6 is 0 Å².